The summed E-state index contributed by atoms with van der Waals surface area (Å²) in [6.45, 7) is 9.36. The third-order valence-corrected chi connectivity index (χ3v) is 4.67. The summed E-state index contributed by atoms with van der Waals surface area (Å²) in [5.74, 6) is 0.00383. The first kappa shape index (κ1) is 17.2. The van der Waals surface area contributed by atoms with E-state index < -0.39 is 0 Å². The molecule has 2 nitrogen and oxygen atoms in total. The lowest BCUT2D eigenvalue weighted by atomic mass is 9.87. The second kappa shape index (κ2) is 7.82. The van der Waals surface area contributed by atoms with Crippen LogP contribution in [0.25, 0.3) is 0 Å². The average Bonchev–Trinajstić information content (AvgIpc) is 2.39. The summed E-state index contributed by atoms with van der Waals surface area (Å²) in [5, 5.41) is 3.07. The van der Waals surface area contributed by atoms with Crippen molar-refractivity contribution < 1.29 is 4.79 Å². The van der Waals surface area contributed by atoms with Crippen LogP contribution in [0.2, 0.25) is 0 Å². The van der Waals surface area contributed by atoms with Crippen molar-refractivity contribution in [2.45, 2.75) is 53.4 Å². The second-order valence-electron chi connectivity index (χ2n) is 6.24. The number of hydrogen-bond acceptors (Lipinski definition) is 1. The molecule has 0 fully saturated rings. The third kappa shape index (κ3) is 5.28. The summed E-state index contributed by atoms with van der Waals surface area (Å²) >= 11 is 3.49. The predicted octanol–water partition coefficient (Wildman–Crippen LogP) is 5.09. The monoisotopic (exact) mass is 339 g/mol. The maximum Gasteiger partial charge on any atom is 0.252 e. The Labute approximate surface area is 131 Å². The molecule has 0 saturated heterocycles. The van der Waals surface area contributed by atoms with Gasteiger partial charge in [0.2, 0.25) is 0 Å². The number of halogens is 1. The Morgan fingerprint density at radius 3 is 2.65 bits per heavy atom. The van der Waals surface area contributed by atoms with Gasteiger partial charge in [0.05, 0.1) is 5.56 Å². The van der Waals surface area contributed by atoms with Crippen molar-refractivity contribution >= 4 is 21.8 Å². The van der Waals surface area contributed by atoms with E-state index in [4.69, 9.17) is 0 Å². The Hall–Kier alpha value is -0.830. The maximum absolute atomic E-state index is 12.3. The second-order valence-corrected chi connectivity index (χ2v) is 7.03. The number of carbonyl (C=O) groups excluding carboxylic acids is 1. The molecule has 3 heteroatoms. The van der Waals surface area contributed by atoms with Gasteiger partial charge in [-0.25, -0.2) is 0 Å². The molecular weight excluding hydrogens is 314 g/mol. The maximum atomic E-state index is 12.3. The molecule has 1 aromatic rings. The van der Waals surface area contributed by atoms with Crippen LogP contribution in [0.4, 0.5) is 0 Å². The van der Waals surface area contributed by atoms with Gasteiger partial charge in [-0.05, 0) is 46.3 Å². The van der Waals surface area contributed by atoms with Gasteiger partial charge in [-0.3, -0.25) is 4.79 Å². The molecule has 0 aliphatic rings. The standard InChI is InChI=1S/C17H26BrNO/c1-5-6-7-11-17(3,4)12-19-16(20)14-10-8-9-13(2)15(14)18/h8-10H,5-7,11-12H2,1-4H3,(H,19,20). The molecule has 0 spiro atoms. The molecule has 0 radical (unpaired) electrons. The van der Waals surface area contributed by atoms with E-state index in [-0.39, 0.29) is 11.3 Å². The lowest BCUT2D eigenvalue weighted by Crippen LogP contribution is -2.34. The van der Waals surface area contributed by atoms with Crippen molar-refractivity contribution in [1.82, 2.24) is 5.32 Å². The van der Waals surface area contributed by atoms with E-state index in [9.17, 15) is 4.79 Å². The fraction of sp³-hybridized carbons (Fsp3) is 0.588. The van der Waals surface area contributed by atoms with Crippen molar-refractivity contribution in [3.8, 4) is 0 Å². The Morgan fingerprint density at radius 1 is 1.30 bits per heavy atom. The van der Waals surface area contributed by atoms with Gasteiger partial charge in [-0.15, -0.1) is 0 Å². The molecule has 0 aliphatic carbocycles. The van der Waals surface area contributed by atoms with Crippen LogP contribution in [0.5, 0.6) is 0 Å². The Balaban J connectivity index is 2.56. The van der Waals surface area contributed by atoms with Crippen LogP contribution < -0.4 is 5.32 Å². The molecular formula is C17H26BrNO. The lowest BCUT2D eigenvalue weighted by molar-refractivity contribution is 0.0933. The van der Waals surface area contributed by atoms with Crippen molar-refractivity contribution in [2.75, 3.05) is 6.54 Å². The fourth-order valence-electron chi connectivity index (χ4n) is 2.18. The van der Waals surface area contributed by atoms with Crippen LogP contribution in [0.1, 0.15) is 62.4 Å². The highest BCUT2D eigenvalue weighted by Crippen LogP contribution is 2.24. The van der Waals surface area contributed by atoms with Gasteiger partial charge >= 0.3 is 0 Å². The van der Waals surface area contributed by atoms with Crippen LogP contribution >= 0.6 is 15.9 Å². The molecule has 20 heavy (non-hydrogen) atoms. The zero-order valence-electron chi connectivity index (χ0n) is 13.1. The van der Waals surface area contributed by atoms with E-state index in [1.807, 2.05) is 25.1 Å². The highest BCUT2D eigenvalue weighted by Gasteiger charge is 2.19. The first-order valence-corrected chi connectivity index (χ1v) is 8.20. The van der Waals surface area contributed by atoms with Gasteiger partial charge in [0.1, 0.15) is 0 Å². The normalized spacial score (nSPS) is 11.4. The summed E-state index contributed by atoms with van der Waals surface area (Å²) in [6.07, 6.45) is 4.88. The molecule has 0 aromatic heterocycles. The summed E-state index contributed by atoms with van der Waals surface area (Å²) < 4.78 is 0.890. The lowest BCUT2D eigenvalue weighted by Gasteiger charge is -2.25. The highest BCUT2D eigenvalue weighted by molar-refractivity contribution is 9.10. The summed E-state index contributed by atoms with van der Waals surface area (Å²) in [6, 6.07) is 5.77. The molecule has 0 heterocycles. The number of aryl methyl sites for hydroxylation is 1. The number of hydrogen-bond donors (Lipinski definition) is 1. The fourth-order valence-corrected chi connectivity index (χ4v) is 2.62. The smallest absolute Gasteiger partial charge is 0.252 e. The number of rotatable bonds is 7. The SMILES string of the molecule is CCCCCC(C)(C)CNC(=O)c1cccc(C)c1Br. The molecule has 112 valence electrons. The zero-order chi connectivity index (χ0) is 15.2. The first-order chi connectivity index (χ1) is 9.37. The average molecular weight is 340 g/mol. The summed E-state index contributed by atoms with van der Waals surface area (Å²) in [5.41, 5.74) is 1.95. The number of unbranched alkanes of at least 4 members (excludes halogenated alkanes) is 2. The van der Waals surface area contributed by atoms with E-state index in [2.05, 4.69) is 42.0 Å². The first-order valence-electron chi connectivity index (χ1n) is 7.40. The van der Waals surface area contributed by atoms with Crippen molar-refractivity contribution in [3.63, 3.8) is 0 Å². The topological polar surface area (TPSA) is 29.1 Å². The Kier molecular flexibility index (Phi) is 6.74. The van der Waals surface area contributed by atoms with Crippen LogP contribution in [-0.2, 0) is 0 Å². The number of carbonyl (C=O) groups is 1. The predicted molar refractivity (Wildman–Crippen MR) is 89.1 cm³/mol. The molecule has 1 aromatic carbocycles. The minimum atomic E-state index is 0.00383. The highest BCUT2D eigenvalue weighted by atomic mass is 79.9. The van der Waals surface area contributed by atoms with E-state index in [0.717, 1.165) is 23.0 Å². The van der Waals surface area contributed by atoms with Gasteiger partial charge in [-0.1, -0.05) is 52.2 Å². The molecule has 0 saturated carbocycles. The molecule has 0 aliphatic heterocycles. The van der Waals surface area contributed by atoms with Crippen LogP contribution in [0.15, 0.2) is 22.7 Å². The minimum absolute atomic E-state index is 0.00383. The van der Waals surface area contributed by atoms with Gasteiger partial charge < -0.3 is 5.32 Å². The molecule has 0 atom stereocenters. The van der Waals surface area contributed by atoms with Crippen LogP contribution in [-0.4, -0.2) is 12.5 Å². The molecule has 0 unspecified atom stereocenters. The zero-order valence-corrected chi connectivity index (χ0v) is 14.6. The van der Waals surface area contributed by atoms with Gasteiger partial charge in [0.15, 0.2) is 0 Å². The van der Waals surface area contributed by atoms with E-state index in [0.29, 0.717) is 5.56 Å². The molecule has 1 N–H and O–H groups in total. The van der Waals surface area contributed by atoms with Crippen molar-refractivity contribution in [3.05, 3.63) is 33.8 Å². The van der Waals surface area contributed by atoms with Crippen molar-refractivity contribution in [2.24, 2.45) is 5.41 Å². The number of nitrogens with one attached hydrogen (secondary N) is 1. The molecule has 1 amide bonds. The molecule has 1 rings (SSSR count). The third-order valence-electron chi connectivity index (χ3n) is 3.62. The Bertz CT molecular complexity index is 454. The molecule has 0 bridgehead atoms. The Morgan fingerprint density at radius 2 is 2.00 bits per heavy atom. The van der Waals surface area contributed by atoms with Gasteiger partial charge in [0, 0.05) is 11.0 Å². The summed E-state index contributed by atoms with van der Waals surface area (Å²) in [4.78, 5) is 12.3. The van der Waals surface area contributed by atoms with E-state index in [1.165, 1.54) is 19.3 Å². The van der Waals surface area contributed by atoms with Crippen LogP contribution in [0, 0.1) is 12.3 Å². The van der Waals surface area contributed by atoms with Gasteiger partial charge in [0.25, 0.3) is 5.91 Å². The largest absolute Gasteiger partial charge is 0.351 e. The number of benzene rings is 1. The minimum Gasteiger partial charge on any atom is -0.351 e. The van der Waals surface area contributed by atoms with E-state index >= 15 is 0 Å². The quantitative estimate of drug-likeness (QED) is 0.688. The van der Waals surface area contributed by atoms with E-state index in [1.54, 1.807) is 0 Å². The number of amides is 1. The van der Waals surface area contributed by atoms with Crippen molar-refractivity contribution in [1.29, 1.82) is 0 Å². The van der Waals surface area contributed by atoms with Gasteiger partial charge in [-0.2, -0.15) is 0 Å². The summed E-state index contributed by atoms with van der Waals surface area (Å²) in [7, 11) is 0. The van der Waals surface area contributed by atoms with Crippen LogP contribution in [0.3, 0.4) is 0 Å².